The average Bonchev–Trinajstić information content (AvgIpc) is 2.90. The Kier molecular flexibility index (Phi) is 4.29. The number of nitrogens with zero attached hydrogens (tertiary/aromatic N) is 2. The summed E-state index contributed by atoms with van der Waals surface area (Å²) >= 11 is 7.65. The number of halogens is 1. The lowest BCUT2D eigenvalue weighted by molar-refractivity contribution is 0.318. The molecule has 0 aliphatic heterocycles. The summed E-state index contributed by atoms with van der Waals surface area (Å²) in [5.41, 5.74) is 7.18. The lowest BCUT2D eigenvalue weighted by Gasteiger charge is -2.21. The Labute approximate surface area is 120 Å². The van der Waals surface area contributed by atoms with Crippen LogP contribution in [0, 0.1) is 0 Å². The van der Waals surface area contributed by atoms with Gasteiger partial charge in [-0.15, -0.1) is 11.3 Å². The van der Waals surface area contributed by atoms with E-state index >= 15 is 0 Å². The molecule has 0 saturated heterocycles. The van der Waals surface area contributed by atoms with Crippen molar-refractivity contribution in [3.8, 4) is 0 Å². The molecule has 2 rings (SSSR count). The van der Waals surface area contributed by atoms with Gasteiger partial charge in [0, 0.05) is 28.2 Å². The summed E-state index contributed by atoms with van der Waals surface area (Å²) in [7, 11) is 1.96. The molecule has 1 aromatic carbocycles. The maximum absolute atomic E-state index is 8.85. The summed E-state index contributed by atoms with van der Waals surface area (Å²) in [6, 6.07) is 9.43. The van der Waals surface area contributed by atoms with Crippen LogP contribution < -0.4 is 10.6 Å². The number of anilines is 1. The first-order valence-corrected chi connectivity index (χ1v) is 6.88. The first-order chi connectivity index (χ1) is 9.11. The van der Waals surface area contributed by atoms with Gasteiger partial charge in [0.15, 0.2) is 5.84 Å². The second-order valence-electron chi connectivity index (χ2n) is 4.08. The van der Waals surface area contributed by atoms with Gasteiger partial charge in [0.25, 0.3) is 0 Å². The summed E-state index contributed by atoms with van der Waals surface area (Å²) < 4.78 is 0. The van der Waals surface area contributed by atoms with Crippen LogP contribution in [0.1, 0.15) is 10.4 Å². The van der Waals surface area contributed by atoms with Gasteiger partial charge >= 0.3 is 0 Å². The molecule has 0 aliphatic rings. The third-order valence-corrected chi connectivity index (χ3v) is 3.82. The Morgan fingerprint density at radius 1 is 1.47 bits per heavy atom. The number of hydrogen-bond acceptors (Lipinski definition) is 4. The molecule has 1 aromatic heterocycles. The molecular weight excluding hydrogens is 282 g/mol. The van der Waals surface area contributed by atoms with Crippen molar-refractivity contribution in [2.45, 2.75) is 6.54 Å². The van der Waals surface area contributed by atoms with E-state index in [0.717, 1.165) is 12.2 Å². The van der Waals surface area contributed by atoms with Crippen LogP contribution in [-0.4, -0.2) is 18.1 Å². The van der Waals surface area contributed by atoms with E-state index in [1.807, 2.05) is 29.5 Å². The molecule has 6 heteroatoms. The first kappa shape index (κ1) is 13.7. The average molecular weight is 296 g/mol. The van der Waals surface area contributed by atoms with Crippen molar-refractivity contribution in [2.75, 3.05) is 11.9 Å². The van der Waals surface area contributed by atoms with E-state index in [4.69, 9.17) is 22.5 Å². The maximum atomic E-state index is 8.85. The summed E-state index contributed by atoms with van der Waals surface area (Å²) in [5, 5.41) is 14.5. The molecule has 0 aliphatic carbocycles. The zero-order valence-corrected chi connectivity index (χ0v) is 11.9. The molecule has 19 heavy (non-hydrogen) atoms. The van der Waals surface area contributed by atoms with Crippen LogP contribution in [0.5, 0.6) is 0 Å². The predicted molar refractivity (Wildman–Crippen MR) is 80.4 cm³/mol. The first-order valence-electron chi connectivity index (χ1n) is 5.63. The second-order valence-corrected chi connectivity index (χ2v) is 5.55. The number of rotatable bonds is 4. The summed E-state index contributed by atoms with van der Waals surface area (Å²) in [4.78, 5) is 3.28. The van der Waals surface area contributed by atoms with Gasteiger partial charge < -0.3 is 15.8 Å². The minimum Gasteiger partial charge on any atom is -0.409 e. The van der Waals surface area contributed by atoms with E-state index < -0.39 is 0 Å². The van der Waals surface area contributed by atoms with Gasteiger partial charge in [-0.2, -0.15) is 0 Å². The van der Waals surface area contributed by atoms with E-state index in [1.165, 1.54) is 4.88 Å². The van der Waals surface area contributed by atoms with Crippen LogP contribution in [0.15, 0.2) is 40.9 Å². The summed E-state index contributed by atoms with van der Waals surface area (Å²) in [6.07, 6.45) is 0. The number of oxime groups is 1. The number of hydrogen-bond donors (Lipinski definition) is 2. The maximum Gasteiger partial charge on any atom is 0.172 e. The highest BCUT2D eigenvalue weighted by Crippen LogP contribution is 2.25. The Balaban J connectivity index is 2.33. The Hall–Kier alpha value is -1.72. The Morgan fingerprint density at radius 2 is 2.26 bits per heavy atom. The Morgan fingerprint density at radius 3 is 2.89 bits per heavy atom. The molecule has 2 aromatic rings. The second kappa shape index (κ2) is 5.95. The van der Waals surface area contributed by atoms with Gasteiger partial charge in [-0.3, -0.25) is 0 Å². The Bertz CT molecular complexity index is 584. The highest BCUT2D eigenvalue weighted by Gasteiger charge is 2.12. The lowest BCUT2D eigenvalue weighted by Crippen LogP contribution is -2.22. The molecule has 4 nitrogen and oxygen atoms in total. The molecule has 0 radical (unpaired) electrons. The molecule has 0 unspecified atom stereocenters. The van der Waals surface area contributed by atoms with Crippen molar-refractivity contribution < 1.29 is 5.21 Å². The molecule has 0 bridgehead atoms. The number of thiophene rings is 1. The SMILES string of the molecule is CN(Cc1cccs1)c1ccc(Cl)cc1C(N)=NO. The third-order valence-electron chi connectivity index (χ3n) is 2.73. The number of benzene rings is 1. The normalized spacial score (nSPS) is 11.6. The van der Waals surface area contributed by atoms with Crippen LogP contribution in [0.3, 0.4) is 0 Å². The zero-order chi connectivity index (χ0) is 13.8. The monoisotopic (exact) mass is 295 g/mol. The molecule has 100 valence electrons. The standard InChI is InChI=1S/C13H14ClN3OS/c1-17(8-10-3-2-6-19-10)12-5-4-9(14)7-11(12)13(15)16-18/h2-7,18H,8H2,1H3,(H2,15,16). The van der Waals surface area contributed by atoms with Crippen LogP contribution in [0.2, 0.25) is 5.02 Å². The molecule has 0 fully saturated rings. The highest BCUT2D eigenvalue weighted by atomic mass is 35.5. The van der Waals surface area contributed by atoms with Crippen molar-refractivity contribution >= 4 is 34.5 Å². The van der Waals surface area contributed by atoms with Gasteiger partial charge in [0.1, 0.15) is 0 Å². The van der Waals surface area contributed by atoms with Gasteiger partial charge in [-0.1, -0.05) is 22.8 Å². The molecule has 0 amide bonds. The van der Waals surface area contributed by atoms with Gasteiger partial charge in [0.2, 0.25) is 0 Å². The largest absolute Gasteiger partial charge is 0.409 e. The fourth-order valence-corrected chi connectivity index (χ4v) is 2.75. The van der Waals surface area contributed by atoms with Crippen LogP contribution in [0.25, 0.3) is 0 Å². The van der Waals surface area contributed by atoms with Crippen LogP contribution >= 0.6 is 22.9 Å². The van der Waals surface area contributed by atoms with E-state index in [0.29, 0.717) is 10.6 Å². The predicted octanol–water partition coefficient (Wildman–Crippen LogP) is 3.13. The van der Waals surface area contributed by atoms with Crippen molar-refractivity contribution in [1.29, 1.82) is 0 Å². The summed E-state index contributed by atoms with van der Waals surface area (Å²) in [6.45, 7) is 0.755. The quantitative estimate of drug-likeness (QED) is 0.394. The van der Waals surface area contributed by atoms with E-state index in [9.17, 15) is 0 Å². The molecule has 0 saturated carbocycles. The van der Waals surface area contributed by atoms with E-state index in [-0.39, 0.29) is 5.84 Å². The topological polar surface area (TPSA) is 61.8 Å². The molecule has 0 spiro atoms. The van der Waals surface area contributed by atoms with Crippen molar-refractivity contribution in [2.24, 2.45) is 10.9 Å². The van der Waals surface area contributed by atoms with E-state index in [1.54, 1.807) is 23.5 Å². The fraction of sp³-hybridized carbons (Fsp3) is 0.154. The molecule has 3 N–H and O–H groups in total. The fourth-order valence-electron chi connectivity index (χ4n) is 1.82. The lowest BCUT2D eigenvalue weighted by atomic mass is 10.1. The highest BCUT2D eigenvalue weighted by molar-refractivity contribution is 7.09. The molecule has 1 heterocycles. The number of amidine groups is 1. The molecular formula is C13H14ClN3OS. The van der Waals surface area contributed by atoms with Crippen molar-refractivity contribution in [1.82, 2.24) is 0 Å². The smallest absolute Gasteiger partial charge is 0.172 e. The minimum absolute atomic E-state index is 0.0514. The van der Waals surface area contributed by atoms with Crippen LogP contribution in [0.4, 0.5) is 5.69 Å². The van der Waals surface area contributed by atoms with Crippen molar-refractivity contribution in [3.05, 3.63) is 51.2 Å². The minimum atomic E-state index is 0.0514. The third kappa shape index (κ3) is 3.19. The zero-order valence-electron chi connectivity index (χ0n) is 10.4. The van der Waals surface area contributed by atoms with Gasteiger partial charge in [-0.25, -0.2) is 0 Å². The van der Waals surface area contributed by atoms with E-state index in [2.05, 4.69) is 11.2 Å². The molecule has 0 atom stereocenters. The summed E-state index contributed by atoms with van der Waals surface area (Å²) in [5.74, 6) is 0.0514. The number of nitrogens with two attached hydrogens (primary N) is 1. The van der Waals surface area contributed by atoms with Crippen LogP contribution in [-0.2, 0) is 6.54 Å². The van der Waals surface area contributed by atoms with Gasteiger partial charge in [-0.05, 0) is 29.6 Å². The van der Waals surface area contributed by atoms with Gasteiger partial charge in [0.05, 0.1) is 6.54 Å². The van der Waals surface area contributed by atoms with Crippen molar-refractivity contribution in [3.63, 3.8) is 0 Å².